The van der Waals surface area contributed by atoms with Gasteiger partial charge in [-0.05, 0) is 18.6 Å². The molecule has 1 aromatic heterocycles. The fourth-order valence-corrected chi connectivity index (χ4v) is 3.82. The van der Waals surface area contributed by atoms with E-state index >= 15 is 0 Å². The summed E-state index contributed by atoms with van der Waals surface area (Å²) in [6, 6.07) is 4.62. The monoisotopic (exact) mass is 450 g/mol. The predicted octanol–water partition coefficient (Wildman–Crippen LogP) is 2.61. The van der Waals surface area contributed by atoms with Crippen LogP contribution in [-0.2, 0) is 23.9 Å². The number of hydrazone groups is 1. The number of nitrogens with zero attached hydrogens (tertiary/aromatic N) is 5. The smallest absolute Gasteiger partial charge is 0.421 e. The van der Waals surface area contributed by atoms with Crippen molar-refractivity contribution in [3.8, 4) is 17.7 Å². The van der Waals surface area contributed by atoms with Gasteiger partial charge in [0.15, 0.2) is 0 Å². The fourth-order valence-electron chi connectivity index (χ4n) is 3.54. The quantitative estimate of drug-likeness (QED) is 0.721. The number of benzene rings is 1. The SMILES string of the molecule is N#Cc1cccc(Oc2ncnc3c2CCN(C2C=NNC(=O)C2Cl)C3)c1C(F)(F)F. The molecule has 160 valence electrons. The number of carbonyl (C=O) groups is 1. The lowest BCUT2D eigenvalue weighted by atomic mass is 10.0. The van der Waals surface area contributed by atoms with E-state index in [0.717, 1.165) is 12.1 Å². The number of carbonyl (C=O) groups excluding carboxylic acids is 1. The molecular weight excluding hydrogens is 437 g/mol. The molecule has 0 fully saturated rings. The number of rotatable bonds is 3. The highest BCUT2D eigenvalue weighted by Crippen LogP contribution is 2.41. The zero-order valence-electron chi connectivity index (χ0n) is 15.7. The number of hydrogen-bond acceptors (Lipinski definition) is 7. The maximum absolute atomic E-state index is 13.5. The van der Waals surface area contributed by atoms with E-state index in [1.165, 1.54) is 18.6 Å². The molecule has 3 heterocycles. The van der Waals surface area contributed by atoms with Crippen LogP contribution in [0.15, 0.2) is 29.6 Å². The van der Waals surface area contributed by atoms with Crippen LogP contribution in [0.25, 0.3) is 0 Å². The molecule has 1 amide bonds. The molecule has 12 heteroatoms. The highest BCUT2D eigenvalue weighted by atomic mass is 35.5. The predicted molar refractivity (Wildman–Crippen MR) is 102 cm³/mol. The molecule has 0 radical (unpaired) electrons. The Balaban J connectivity index is 1.64. The molecule has 8 nitrogen and oxygen atoms in total. The zero-order valence-corrected chi connectivity index (χ0v) is 16.5. The van der Waals surface area contributed by atoms with Crippen molar-refractivity contribution >= 4 is 23.7 Å². The van der Waals surface area contributed by atoms with Gasteiger partial charge in [-0.2, -0.15) is 23.5 Å². The highest BCUT2D eigenvalue weighted by Gasteiger charge is 2.39. The number of amides is 1. The number of fused-ring (bicyclic) bond motifs is 1. The molecule has 1 aromatic carbocycles. The summed E-state index contributed by atoms with van der Waals surface area (Å²) in [6.07, 6.45) is -1.69. The molecule has 4 rings (SSSR count). The van der Waals surface area contributed by atoms with E-state index in [1.54, 1.807) is 6.07 Å². The third kappa shape index (κ3) is 4.04. The van der Waals surface area contributed by atoms with E-state index in [1.807, 2.05) is 4.90 Å². The van der Waals surface area contributed by atoms with Crippen LogP contribution >= 0.6 is 11.6 Å². The van der Waals surface area contributed by atoms with Gasteiger partial charge in [-0.25, -0.2) is 15.4 Å². The van der Waals surface area contributed by atoms with Crippen LogP contribution in [0, 0.1) is 11.3 Å². The van der Waals surface area contributed by atoms with Gasteiger partial charge in [0.05, 0.1) is 23.4 Å². The minimum Gasteiger partial charge on any atom is -0.438 e. The van der Waals surface area contributed by atoms with Gasteiger partial charge in [-0.3, -0.25) is 9.69 Å². The maximum Gasteiger partial charge on any atom is 0.421 e. The van der Waals surface area contributed by atoms with Crippen molar-refractivity contribution in [3.63, 3.8) is 0 Å². The number of halogens is 4. The third-order valence-corrected chi connectivity index (χ3v) is 5.46. The van der Waals surface area contributed by atoms with E-state index in [9.17, 15) is 18.0 Å². The Labute approximate surface area is 179 Å². The lowest BCUT2D eigenvalue weighted by Gasteiger charge is -2.36. The molecular formula is C19H14ClF3N6O2. The van der Waals surface area contributed by atoms with Crippen molar-refractivity contribution < 1.29 is 22.7 Å². The number of ether oxygens (including phenoxy) is 1. The van der Waals surface area contributed by atoms with Gasteiger partial charge in [0.25, 0.3) is 5.91 Å². The number of nitriles is 1. The molecule has 0 spiro atoms. The standard InChI is InChI=1S/C19H14ClF3N6O2/c20-16-13(7-27-28-17(16)30)29-5-4-11-12(8-29)25-9-26-18(11)31-14-3-1-2-10(6-24)15(14)19(21,22)23/h1-3,7,9,13,16H,4-5,8H2,(H,28,30). The Morgan fingerprint density at radius 2 is 2.13 bits per heavy atom. The van der Waals surface area contributed by atoms with Crippen molar-refractivity contribution in [3.05, 3.63) is 46.9 Å². The van der Waals surface area contributed by atoms with E-state index < -0.39 is 40.4 Å². The molecule has 0 saturated heterocycles. The lowest BCUT2D eigenvalue weighted by Crippen LogP contribution is -2.52. The van der Waals surface area contributed by atoms with Gasteiger partial charge in [0, 0.05) is 24.9 Å². The summed E-state index contributed by atoms with van der Waals surface area (Å²) in [5, 5.41) is 12.0. The lowest BCUT2D eigenvalue weighted by molar-refractivity contribution is -0.138. The molecule has 2 unspecified atom stereocenters. The molecule has 0 bridgehead atoms. The van der Waals surface area contributed by atoms with Crippen molar-refractivity contribution in [1.29, 1.82) is 5.26 Å². The molecule has 2 aromatic rings. The molecule has 1 N–H and O–H groups in total. The Hall–Kier alpha value is -3.23. The van der Waals surface area contributed by atoms with Crippen molar-refractivity contribution in [1.82, 2.24) is 20.3 Å². The fraction of sp³-hybridized carbons (Fsp3) is 0.316. The highest BCUT2D eigenvalue weighted by molar-refractivity contribution is 6.32. The van der Waals surface area contributed by atoms with E-state index in [0.29, 0.717) is 24.2 Å². The second-order valence-corrected chi connectivity index (χ2v) is 7.33. The molecule has 0 saturated carbocycles. The topological polar surface area (TPSA) is 104 Å². The van der Waals surface area contributed by atoms with Crippen molar-refractivity contribution in [2.75, 3.05) is 6.54 Å². The average molecular weight is 451 g/mol. The Morgan fingerprint density at radius 1 is 1.32 bits per heavy atom. The number of alkyl halides is 4. The van der Waals surface area contributed by atoms with Gasteiger partial charge in [0.1, 0.15) is 23.0 Å². The molecule has 2 aliphatic rings. The average Bonchev–Trinajstić information content (AvgIpc) is 2.74. The van der Waals surface area contributed by atoms with Crippen LogP contribution in [0.3, 0.4) is 0 Å². The van der Waals surface area contributed by atoms with Crippen molar-refractivity contribution in [2.24, 2.45) is 5.10 Å². The Kier molecular flexibility index (Phi) is 5.51. The number of aromatic nitrogens is 2. The minimum atomic E-state index is -4.78. The summed E-state index contributed by atoms with van der Waals surface area (Å²) in [6.45, 7) is 0.722. The zero-order chi connectivity index (χ0) is 22.2. The summed E-state index contributed by atoms with van der Waals surface area (Å²) < 4.78 is 46.1. The normalized spacial score (nSPS) is 21.2. The van der Waals surface area contributed by atoms with Gasteiger partial charge in [-0.15, -0.1) is 11.6 Å². The Morgan fingerprint density at radius 3 is 2.87 bits per heavy atom. The van der Waals surface area contributed by atoms with Gasteiger partial charge < -0.3 is 4.74 Å². The van der Waals surface area contributed by atoms with Crippen LogP contribution in [0.2, 0.25) is 0 Å². The van der Waals surface area contributed by atoms with E-state index in [4.69, 9.17) is 21.6 Å². The molecule has 2 atom stereocenters. The van der Waals surface area contributed by atoms with Crippen LogP contribution in [-0.4, -0.2) is 45.0 Å². The Bertz CT molecular complexity index is 1100. The van der Waals surface area contributed by atoms with Gasteiger partial charge >= 0.3 is 6.18 Å². The van der Waals surface area contributed by atoms with E-state index in [-0.39, 0.29) is 12.4 Å². The first-order valence-electron chi connectivity index (χ1n) is 9.11. The third-order valence-electron chi connectivity index (χ3n) is 5.01. The first-order valence-corrected chi connectivity index (χ1v) is 9.55. The maximum atomic E-state index is 13.5. The second-order valence-electron chi connectivity index (χ2n) is 6.86. The molecule has 0 aliphatic carbocycles. The first-order chi connectivity index (χ1) is 14.8. The van der Waals surface area contributed by atoms with Crippen molar-refractivity contribution in [2.45, 2.75) is 30.6 Å². The molecule has 31 heavy (non-hydrogen) atoms. The largest absolute Gasteiger partial charge is 0.438 e. The van der Waals surface area contributed by atoms with E-state index in [2.05, 4.69) is 20.5 Å². The second kappa shape index (κ2) is 8.13. The summed E-state index contributed by atoms with van der Waals surface area (Å²) in [7, 11) is 0. The van der Waals surface area contributed by atoms with Gasteiger partial charge in [0.2, 0.25) is 5.88 Å². The summed E-state index contributed by atoms with van der Waals surface area (Å²) in [5.41, 5.74) is 1.70. The van der Waals surface area contributed by atoms with Crippen LogP contribution in [0.1, 0.15) is 22.4 Å². The van der Waals surface area contributed by atoms with Gasteiger partial charge in [-0.1, -0.05) is 6.07 Å². The van der Waals surface area contributed by atoms with Crippen LogP contribution in [0.5, 0.6) is 11.6 Å². The summed E-state index contributed by atoms with van der Waals surface area (Å²) in [4.78, 5) is 21.9. The summed E-state index contributed by atoms with van der Waals surface area (Å²) >= 11 is 6.19. The number of hydrogen-bond donors (Lipinski definition) is 1. The summed E-state index contributed by atoms with van der Waals surface area (Å²) in [5.74, 6) is -0.932. The number of nitrogens with one attached hydrogen (secondary N) is 1. The minimum absolute atomic E-state index is 0.0114. The first kappa shape index (κ1) is 21.0. The van der Waals surface area contributed by atoms with Crippen LogP contribution in [0.4, 0.5) is 13.2 Å². The van der Waals surface area contributed by atoms with Crippen LogP contribution < -0.4 is 10.2 Å². The molecule has 2 aliphatic heterocycles.